The first-order valence-electron chi connectivity index (χ1n) is 10.8. The number of fused-ring (bicyclic) bond motifs is 1. The van der Waals surface area contributed by atoms with Crippen molar-refractivity contribution < 1.29 is 9.59 Å². The third kappa shape index (κ3) is 3.85. The average molecular weight is 409 g/mol. The molecule has 3 aliphatic rings. The van der Waals surface area contributed by atoms with Crippen LogP contribution in [0.2, 0.25) is 0 Å². The van der Waals surface area contributed by atoms with Crippen LogP contribution < -0.4 is 0 Å². The third-order valence-corrected chi connectivity index (χ3v) is 7.51. The largest absolute Gasteiger partial charge is 0.333 e. The van der Waals surface area contributed by atoms with E-state index in [0.29, 0.717) is 5.92 Å². The van der Waals surface area contributed by atoms with Crippen LogP contribution >= 0.6 is 11.3 Å². The molecule has 0 saturated heterocycles. The van der Waals surface area contributed by atoms with Gasteiger partial charge in [-0.2, -0.15) is 0 Å². The van der Waals surface area contributed by atoms with E-state index in [4.69, 9.17) is 0 Å². The lowest BCUT2D eigenvalue weighted by atomic mass is 9.90. The van der Waals surface area contributed by atoms with Crippen LogP contribution in [0.15, 0.2) is 35.7 Å². The van der Waals surface area contributed by atoms with Crippen molar-refractivity contribution in [2.24, 2.45) is 11.8 Å². The number of hydrogen-bond acceptors (Lipinski definition) is 3. The molecule has 1 aliphatic heterocycles. The summed E-state index contributed by atoms with van der Waals surface area (Å²) in [4.78, 5) is 31.6. The molecule has 0 spiro atoms. The van der Waals surface area contributed by atoms with Gasteiger partial charge in [0.2, 0.25) is 11.8 Å². The molecule has 5 heteroatoms. The van der Waals surface area contributed by atoms with E-state index in [1.165, 1.54) is 34.4 Å². The van der Waals surface area contributed by atoms with E-state index in [-0.39, 0.29) is 30.3 Å². The van der Waals surface area contributed by atoms with E-state index < -0.39 is 0 Å². The number of thiophene rings is 1. The predicted molar refractivity (Wildman–Crippen MR) is 115 cm³/mol. The Balaban J connectivity index is 1.42. The minimum atomic E-state index is -0.0440. The molecule has 2 aliphatic carbocycles. The van der Waals surface area contributed by atoms with Crippen molar-refractivity contribution in [3.63, 3.8) is 0 Å². The summed E-state index contributed by atoms with van der Waals surface area (Å²) >= 11 is 1.79. The van der Waals surface area contributed by atoms with E-state index in [0.717, 1.165) is 32.4 Å². The second-order valence-electron chi connectivity index (χ2n) is 8.83. The number of carbonyl (C=O) groups is 2. The maximum absolute atomic E-state index is 13.5. The molecule has 2 amide bonds. The van der Waals surface area contributed by atoms with Gasteiger partial charge in [-0.3, -0.25) is 9.59 Å². The van der Waals surface area contributed by atoms with Gasteiger partial charge in [0, 0.05) is 23.9 Å². The first-order valence-corrected chi connectivity index (χ1v) is 11.7. The van der Waals surface area contributed by atoms with Crippen LogP contribution in [-0.4, -0.2) is 41.2 Å². The molecule has 0 N–H and O–H groups in total. The first kappa shape index (κ1) is 18.9. The molecular formula is C24H28N2O2S. The van der Waals surface area contributed by atoms with E-state index >= 15 is 0 Å². The summed E-state index contributed by atoms with van der Waals surface area (Å²) in [5.41, 5.74) is 3.66. The minimum absolute atomic E-state index is 0.0440. The summed E-state index contributed by atoms with van der Waals surface area (Å²) in [6.45, 7) is 3.83. The van der Waals surface area contributed by atoms with Crippen LogP contribution in [0.5, 0.6) is 0 Å². The molecule has 0 bridgehead atoms. The third-order valence-electron chi connectivity index (χ3n) is 6.51. The van der Waals surface area contributed by atoms with Crippen molar-refractivity contribution in [3.05, 3.63) is 57.3 Å². The SMILES string of the molecule is Cc1ccccc1[C@@H]1c2ccsc2CCN1C(=O)CN(CC1CC1)C(=O)C1CC1. The fraction of sp³-hybridized carbons (Fsp3) is 0.500. The lowest BCUT2D eigenvalue weighted by Crippen LogP contribution is -2.47. The van der Waals surface area contributed by atoms with Gasteiger partial charge in [-0.25, -0.2) is 0 Å². The second kappa shape index (κ2) is 7.60. The minimum Gasteiger partial charge on any atom is -0.333 e. The molecule has 0 unspecified atom stereocenters. The number of nitrogens with zero attached hydrogens (tertiary/aromatic N) is 2. The van der Waals surface area contributed by atoms with Crippen LogP contribution in [0.1, 0.15) is 53.3 Å². The quantitative estimate of drug-likeness (QED) is 0.719. The lowest BCUT2D eigenvalue weighted by Gasteiger charge is -2.38. The second-order valence-corrected chi connectivity index (χ2v) is 9.83. The van der Waals surface area contributed by atoms with Crippen molar-refractivity contribution >= 4 is 23.2 Å². The highest BCUT2D eigenvalue weighted by molar-refractivity contribution is 7.10. The Hall–Kier alpha value is -2.14. The lowest BCUT2D eigenvalue weighted by molar-refractivity contribution is -0.142. The van der Waals surface area contributed by atoms with Gasteiger partial charge < -0.3 is 9.80 Å². The molecular weight excluding hydrogens is 380 g/mol. The maximum Gasteiger partial charge on any atom is 0.242 e. The van der Waals surface area contributed by atoms with Gasteiger partial charge in [0.05, 0.1) is 12.6 Å². The van der Waals surface area contributed by atoms with E-state index in [1.807, 2.05) is 15.9 Å². The molecule has 4 nitrogen and oxygen atoms in total. The van der Waals surface area contributed by atoms with Crippen molar-refractivity contribution in [2.75, 3.05) is 19.6 Å². The van der Waals surface area contributed by atoms with Crippen LogP contribution in [0, 0.1) is 18.8 Å². The average Bonchev–Trinajstić information content (AvgIpc) is 3.65. The zero-order chi connectivity index (χ0) is 20.0. The number of rotatable bonds is 6. The summed E-state index contributed by atoms with van der Waals surface area (Å²) in [7, 11) is 0. The number of amides is 2. The monoisotopic (exact) mass is 408 g/mol. The topological polar surface area (TPSA) is 40.6 Å². The summed E-state index contributed by atoms with van der Waals surface area (Å²) in [5, 5.41) is 2.14. The number of hydrogen-bond donors (Lipinski definition) is 0. The maximum atomic E-state index is 13.5. The highest BCUT2D eigenvalue weighted by Gasteiger charge is 2.39. The number of carbonyl (C=O) groups excluding carboxylic acids is 2. The Morgan fingerprint density at radius 3 is 2.62 bits per heavy atom. The molecule has 1 aromatic carbocycles. The molecule has 152 valence electrons. The Kier molecular flexibility index (Phi) is 4.94. The molecule has 2 saturated carbocycles. The van der Waals surface area contributed by atoms with E-state index in [1.54, 1.807) is 11.3 Å². The fourth-order valence-corrected chi connectivity index (χ4v) is 5.40. The Labute approximate surface area is 176 Å². The Morgan fingerprint density at radius 1 is 1.10 bits per heavy atom. The van der Waals surface area contributed by atoms with Crippen molar-refractivity contribution in [1.29, 1.82) is 0 Å². The van der Waals surface area contributed by atoms with E-state index in [9.17, 15) is 9.59 Å². The van der Waals surface area contributed by atoms with E-state index in [2.05, 4.69) is 36.6 Å². The molecule has 2 aromatic rings. The fourth-order valence-electron chi connectivity index (χ4n) is 4.50. The molecule has 1 atom stereocenters. The van der Waals surface area contributed by atoms with Crippen molar-refractivity contribution in [3.8, 4) is 0 Å². The number of aryl methyl sites for hydroxylation is 1. The zero-order valence-electron chi connectivity index (χ0n) is 17.0. The van der Waals surface area contributed by atoms with Gasteiger partial charge in [0.25, 0.3) is 0 Å². The molecule has 0 radical (unpaired) electrons. The highest BCUT2D eigenvalue weighted by Crippen LogP contribution is 2.39. The Morgan fingerprint density at radius 2 is 1.90 bits per heavy atom. The van der Waals surface area contributed by atoms with Gasteiger partial charge in [-0.15, -0.1) is 11.3 Å². The van der Waals surface area contributed by atoms with Gasteiger partial charge in [0.1, 0.15) is 0 Å². The molecule has 2 fully saturated rings. The Bertz CT molecular complexity index is 928. The highest BCUT2D eigenvalue weighted by atomic mass is 32.1. The summed E-state index contributed by atoms with van der Waals surface area (Å²) < 4.78 is 0. The van der Waals surface area contributed by atoms with Gasteiger partial charge in [-0.05, 0) is 73.1 Å². The van der Waals surface area contributed by atoms with Crippen LogP contribution in [0.3, 0.4) is 0 Å². The molecule has 1 aromatic heterocycles. The van der Waals surface area contributed by atoms with Gasteiger partial charge in [-0.1, -0.05) is 24.3 Å². The van der Waals surface area contributed by atoms with Crippen LogP contribution in [-0.2, 0) is 16.0 Å². The van der Waals surface area contributed by atoms with Gasteiger partial charge >= 0.3 is 0 Å². The van der Waals surface area contributed by atoms with Crippen LogP contribution in [0.4, 0.5) is 0 Å². The molecule has 29 heavy (non-hydrogen) atoms. The smallest absolute Gasteiger partial charge is 0.242 e. The van der Waals surface area contributed by atoms with Gasteiger partial charge in [0.15, 0.2) is 0 Å². The summed E-state index contributed by atoms with van der Waals surface area (Å²) in [6.07, 6.45) is 5.26. The predicted octanol–water partition coefficient (Wildman–Crippen LogP) is 4.18. The first-order chi connectivity index (χ1) is 14.1. The van der Waals surface area contributed by atoms with Crippen molar-refractivity contribution in [2.45, 2.75) is 45.1 Å². The zero-order valence-corrected chi connectivity index (χ0v) is 17.8. The number of benzene rings is 1. The summed E-state index contributed by atoms with van der Waals surface area (Å²) in [5.74, 6) is 1.05. The molecule has 5 rings (SSSR count). The molecule has 2 heterocycles. The standard InChI is InChI=1S/C24H28N2O2S/c1-16-4-2-3-5-19(16)23-20-11-13-29-21(20)10-12-26(23)22(27)15-25(14-17-6-7-17)24(28)18-8-9-18/h2-5,11,13,17-18,23H,6-10,12,14-15H2,1H3/t23-/m1/s1. The normalized spacial score (nSPS) is 21.0. The summed E-state index contributed by atoms with van der Waals surface area (Å²) in [6, 6.07) is 10.5. The van der Waals surface area contributed by atoms with Crippen molar-refractivity contribution in [1.82, 2.24) is 9.80 Å². The van der Waals surface area contributed by atoms with Crippen LogP contribution in [0.25, 0.3) is 0 Å².